The summed E-state index contributed by atoms with van der Waals surface area (Å²) < 4.78 is 21.6. The Morgan fingerprint density at radius 1 is 1.00 bits per heavy atom. The van der Waals surface area contributed by atoms with Gasteiger partial charge in [-0.05, 0) is 56.2 Å². The molecule has 1 N–H and O–H groups in total. The maximum atomic E-state index is 12.5. The molecule has 7 nitrogen and oxygen atoms in total. The molecule has 2 rings (SSSR count). The third kappa shape index (κ3) is 6.69. The average Bonchev–Trinajstić information content (AvgIpc) is 2.76. The Hall–Kier alpha value is -3.22. The minimum Gasteiger partial charge on any atom is -0.497 e. The third-order valence-electron chi connectivity index (χ3n) is 4.22. The molecule has 30 heavy (non-hydrogen) atoms. The molecule has 0 aliphatic rings. The summed E-state index contributed by atoms with van der Waals surface area (Å²) in [5.41, 5.74) is 1.20. The summed E-state index contributed by atoms with van der Waals surface area (Å²) in [5.74, 6) is 0.791. The van der Waals surface area contributed by atoms with E-state index in [2.05, 4.69) is 5.32 Å². The number of benzene rings is 2. The van der Waals surface area contributed by atoms with Crippen LogP contribution in [0.2, 0.25) is 0 Å². The van der Waals surface area contributed by atoms with Gasteiger partial charge in [0.15, 0.2) is 17.6 Å². The van der Waals surface area contributed by atoms with Gasteiger partial charge in [0, 0.05) is 6.54 Å². The first-order valence-corrected chi connectivity index (χ1v) is 9.99. The van der Waals surface area contributed by atoms with Crippen molar-refractivity contribution in [3.8, 4) is 17.2 Å². The maximum absolute atomic E-state index is 12.5. The Balaban J connectivity index is 1.94. The molecule has 0 fully saturated rings. The molecule has 0 saturated heterocycles. The standard InChI is InChI=1S/C23H29NO6/c1-5-13-29-20-12-9-18(14-21(20)28-6-2)23(26)30-16(3)22(25)24-15-17-7-10-19(27-4)11-8-17/h7-12,14,16H,5-6,13,15H2,1-4H3,(H,24,25)/t16-/m0/s1. The van der Waals surface area contributed by atoms with Gasteiger partial charge in [0.05, 0.1) is 25.9 Å². The van der Waals surface area contributed by atoms with Crippen molar-refractivity contribution in [2.24, 2.45) is 0 Å². The van der Waals surface area contributed by atoms with Crippen LogP contribution in [0, 0.1) is 0 Å². The van der Waals surface area contributed by atoms with Gasteiger partial charge in [0.1, 0.15) is 5.75 Å². The highest BCUT2D eigenvalue weighted by Crippen LogP contribution is 2.29. The number of amides is 1. The van der Waals surface area contributed by atoms with E-state index in [0.717, 1.165) is 17.7 Å². The molecular weight excluding hydrogens is 386 g/mol. The Labute approximate surface area is 177 Å². The molecule has 7 heteroatoms. The Morgan fingerprint density at radius 3 is 2.37 bits per heavy atom. The summed E-state index contributed by atoms with van der Waals surface area (Å²) in [6, 6.07) is 12.2. The van der Waals surface area contributed by atoms with Crippen LogP contribution in [0.25, 0.3) is 0 Å². The summed E-state index contributed by atoms with van der Waals surface area (Å²) in [7, 11) is 1.59. The van der Waals surface area contributed by atoms with E-state index >= 15 is 0 Å². The van der Waals surface area contributed by atoms with Gasteiger partial charge in [-0.25, -0.2) is 4.79 Å². The number of rotatable bonds is 11. The smallest absolute Gasteiger partial charge is 0.339 e. The molecule has 1 amide bonds. The van der Waals surface area contributed by atoms with Crippen LogP contribution in [0.15, 0.2) is 42.5 Å². The average molecular weight is 415 g/mol. The van der Waals surface area contributed by atoms with Crippen LogP contribution in [0.5, 0.6) is 17.2 Å². The molecule has 0 radical (unpaired) electrons. The topological polar surface area (TPSA) is 83.1 Å². The molecule has 0 saturated carbocycles. The SMILES string of the molecule is CCCOc1ccc(C(=O)O[C@@H](C)C(=O)NCc2ccc(OC)cc2)cc1OCC. The second-order valence-corrected chi connectivity index (χ2v) is 6.56. The van der Waals surface area contributed by atoms with Crippen LogP contribution >= 0.6 is 0 Å². The molecule has 0 aliphatic heterocycles. The number of carbonyl (C=O) groups excluding carboxylic acids is 2. The highest BCUT2D eigenvalue weighted by molar-refractivity contribution is 5.92. The highest BCUT2D eigenvalue weighted by Gasteiger charge is 2.20. The van der Waals surface area contributed by atoms with E-state index in [1.54, 1.807) is 25.3 Å². The summed E-state index contributed by atoms with van der Waals surface area (Å²) in [6.45, 7) is 6.70. The van der Waals surface area contributed by atoms with Gasteiger partial charge >= 0.3 is 5.97 Å². The summed E-state index contributed by atoms with van der Waals surface area (Å²) in [4.78, 5) is 24.8. The van der Waals surface area contributed by atoms with Crippen molar-refractivity contribution < 1.29 is 28.5 Å². The molecule has 0 aliphatic carbocycles. The predicted octanol–water partition coefficient (Wildman–Crippen LogP) is 3.74. The first-order valence-electron chi connectivity index (χ1n) is 9.99. The van der Waals surface area contributed by atoms with Gasteiger partial charge in [-0.3, -0.25) is 4.79 Å². The molecule has 2 aromatic carbocycles. The molecule has 0 heterocycles. The largest absolute Gasteiger partial charge is 0.497 e. The zero-order valence-electron chi connectivity index (χ0n) is 17.9. The summed E-state index contributed by atoms with van der Waals surface area (Å²) >= 11 is 0. The van der Waals surface area contributed by atoms with Crippen molar-refractivity contribution in [3.05, 3.63) is 53.6 Å². The van der Waals surface area contributed by atoms with E-state index in [4.69, 9.17) is 18.9 Å². The van der Waals surface area contributed by atoms with Crippen molar-refractivity contribution in [1.29, 1.82) is 0 Å². The molecular formula is C23H29NO6. The quantitative estimate of drug-likeness (QED) is 0.563. The first-order chi connectivity index (χ1) is 14.5. The van der Waals surface area contributed by atoms with Crippen molar-refractivity contribution in [1.82, 2.24) is 5.32 Å². The minimum atomic E-state index is -0.942. The monoisotopic (exact) mass is 415 g/mol. The molecule has 2 aromatic rings. The van der Waals surface area contributed by atoms with Crippen molar-refractivity contribution in [3.63, 3.8) is 0 Å². The van der Waals surface area contributed by atoms with Gasteiger partial charge in [-0.1, -0.05) is 19.1 Å². The van der Waals surface area contributed by atoms with Gasteiger partial charge < -0.3 is 24.3 Å². The molecule has 1 atom stereocenters. The van der Waals surface area contributed by atoms with E-state index in [9.17, 15) is 9.59 Å². The minimum absolute atomic E-state index is 0.289. The van der Waals surface area contributed by atoms with Crippen LogP contribution in [-0.2, 0) is 16.1 Å². The number of esters is 1. The molecule has 0 aromatic heterocycles. The van der Waals surface area contributed by atoms with Crippen LogP contribution in [0.1, 0.15) is 43.1 Å². The predicted molar refractivity (Wildman–Crippen MR) is 113 cm³/mol. The fourth-order valence-corrected chi connectivity index (χ4v) is 2.59. The lowest BCUT2D eigenvalue weighted by Crippen LogP contribution is -2.35. The van der Waals surface area contributed by atoms with Crippen LogP contribution in [-0.4, -0.2) is 38.3 Å². The van der Waals surface area contributed by atoms with Crippen LogP contribution in [0.4, 0.5) is 0 Å². The number of hydrogen-bond donors (Lipinski definition) is 1. The lowest BCUT2D eigenvalue weighted by atomic mass is 10.2. The third-order valence-corrected chi connectivity index (χ3v) is 4.22. The fourth-order valence-electron chi connectivity index (χ4n) is 2.59. The van der Waals surface area contributed by atoms with E-state index < -0.39 is 12.1 Å². The van der Waals surface area contributed by atoms with Crippen molar-refractivity contribution >= 4 is 11.9 Å². The lowest BCUT2D eigenvalue weighted by molar-refractivity contribution is -0.129. The maximum Gasteiger partial charge on any atom is 0.339 e. The van der Waals surface area contributed by atoms with Gasteiger partial charge in [-0.2, -0.15) is 0 Å². The van der Waals surface area contributed by atoms with Crippen LogP contribution < -0.4 is 19.5 Å². The number of carbonyl (C=O) groups is 2. The second-order valence-electron chi connectivity index (χ2n) is 6.56. The number of nitrogens with one attached hydrogen (secondary N) is 1. The lowest BCUT2D eigenvalue weighted by Gasteiger charge is -2.15. The highest BCUT2D eigenvalue weighted by atomic mass is 16.5. The molecule has 0 unspecified atom stereocenters. The number of hydrogen-bond acceptors (Lipinski definition) is 6. The molecule has 162 valence electrons. The van der Waals surface area contributed by atoms with Gasteiger partial charge in [-0.15, -0.1) is 0 Å². The van der Waals surface area contributed by atoms with E-state index in [-0.39, 0.29) is 11.5 Å². The van der Waals surface area contributed by atoms with E-state index in [1.165, 1.54) is 6.92 Å². The first kappa shape index (κ1) is 23.1. The molecule has 0 bridgehead atoms. The Kier molecular flexibility index (Phi) is 9.00. The van der Waals surface area contributed by atoms with Gasteiger partial charge in [0.2, 0.25) is 0 Å². The van der Waals surface area contributed by atoms with Crippen molar-refractivity contribution in [2.75, 3.05) is 20.3 Å². The van der Waals surface area contributed by atoms with E-state index in [0.29, 0.717) is 31.3 Å². The number of ether oxygens (including phenoxy) is 4. The van der Waals surface area contributed by atoms with Gasteiger partial charge in [0.25, 0.3) is 5.91 Å². The fraction of sp³-hybridized carbons (Fsp3) is 0.391. The van der Waals surface area contributed by atoms with Crippen LogP contribution in [0.3, 0.4) is 0 Å². The zero-order chi connectivity index (χ0) is 21.9. The second kappa shape index (κ2) is 11.7. The Bertz CT molecular complexity index is 834. The summed E-state index contributed by atoms with van der Waals surface area (Å²) in [5, 5.41) is 2.76. The Morgan fingerprint density at radius 2 is 1.73 bits per heavy atom. The zero-order valence-corrected chi connectivity index (χ0v) is 17.9. The van der Waals surface area contributed by atoms with E-state index in [1.807, 2.05) is 38.1 Å². The summed E-state index contributed by atoms with van der Waals surface area (Å²) in [6.07, 6.45) is -0.0827. The number of methoxy groups -OCH3 is 1. The molecule has 0 spiro atoms. The normalized spacial score (nSPS) is 11.3. The van der Waals surface area contributed by atoms with Crippen molar-refractivity contribution in [2.45, 2.75) is 39.8 Å².